The van der Waals surface area contributed by atoms with Crippen molar-refractivity contribution in [3.05, 3.63) is 35.9 Å². The van der Waals surface area contributed by atoms with Crippen molar-refractivity contribution in [1.29, 1.82) is 0 Å². The number of pyridine rings is 1. The smallest absolute Gasteiger partial charge is 0.357 e. The molecule has 7 nitrogen and oxygen atoms in total. The second-order valence-electron chi connectivity index (χ2n) is 3.44. The fraction of sp³-hybridized carbons (Fsp3) is 0.200. The number of nitrogen functional groups attached to an aromatic ring is 1. The van der Waals surface area contributed by atoms with Crippen LogP contribution in [0.2, 0.25) is 0 Å². The largest absolute Gasteiger partial charge is 0.454 e. The van der Waals surface area contributed by atoms with Crippen molar-refractivity contribution in [1.82, 2.24) is 20.0 Å². The number of hydrogen-bond acceptors (Lipinski definition) is 6. The number of carbonyl (C=O) groups excluding carboxylic acids is 1. The van der Waals surface area contributed by atoms with Gasteiger partial charge in [0.15, 0.2) is 0 Å². The minimum absolute atomic E-state index is 0.0682. The summed E-state index contributed by atoms with van der Waals surface area (Å²) in [5.41, 5.74) is 6.75. The van der Waals surface area contributed by atoms with E-state index < -0.39 is 5.97 Å². The second kappa shape index (κ2) is 4.60. The first-order valence-corrected chi connectivity index (χ1v) is 4.89. The van der Waals surface area contributed by atoms with E-state index in [-0.39, 0.29) is 12.3 Å². The topological polar surface area (TPSA) is 95.9 Å². The van der Waals surface area contributed by atoms with Gasteiger partial charge in [0, 0.05) is 7.05 Å². The molecule has 0 amide bonds. The van der Waals surface area contributed by atoms with E-state index in [0.29, 0.717) is 11.4 Å². The van der Waals surface area contributed by atoms with Crippen LogP contribution in [0.25, 0.3) is 0 Å². The zero-order valence-corrected chi connectivity index (χ0v) is 9.20. The molecule has 0 aromatic carbocycles. The molecule has 0 aliphatic heterocycles. The standard InChI is InChI=1S/C10H11N5O2/c1-15-5-8(13-14-15)6-17-10(16)9-3-2-7(11)4-12-9/h2-5H,6,11H2,1H3. The highest BCUT2D eigenvalue weighted by molar-refractivity contribution is 5.87. The lowest BCUT2D eigenvalue weighted by molar-refractivity contribution is 0.0460. The normalized spacial score (nSPS) is 10.2. The van der Waals surface area contributed by atoms with E-state index in [9.17, 15) is 4.79 Å². The molecule has 0 unspecified atom stereocenters. The number of rotatable bonds is 3. The van der Waals surface area contributed by atoms with E-state index in [1.807, 2.05) is 0 Å². The Balaban J connectivity index is 1.95. The minimum Gasteiger partial charge on any atom is -0.454 e. The van der Waals surface area contributed by atoms with E-state index in [0.717, 1.165) is 0 Å². The van der Waals surface area contributed by atoms with Gasteiger partial charge in [0.2, 0.25) is 0 Å². The summed E-state index contributed by atoms with van der Waals surface area (Å²) in [6, 6.07) is 3.10. The number of hydrogen-bond donors (Lipinski definition) is 1. The van der Waals surface area contributed by atoms with E-state index >= 15 is 0 Å². The second-order valence-corrected chi connectivity index (χ2v) is 3.44. The molecule has 0 atom stereocenters. The van der Waals surface area contributed by atoms with Crippen LogP contribution in [0.5, 0.6) is 0 Å². The van der Waals surface area contributed by atoms with Gasteiger partial charge >= 0.3 is 5.97 Å². The molecule has 0 saturated carbocycles. The van der Waals surface area contributed by atoms with Gasteiger partial charge in [-0.2, -0.15) is 0 Å². The first-order valence-electron chi connectivity index (χ1n) is 4.89. The highest BCUT2D eigenvalue weighted by Crippen LogP contribution is 2.04. The molecule has 7 heteroatoms. The Labute approximate surface area is 97.2 Å². The van der Waals surface area contributed by atoms with Crippen LogP contribution >= 0.6 is 0 Å². The van der Waals surface area contributed by atoms with Crippen molar-refractivity contribution in [3.8, 4) is 0 Å². The summed E-state index contributed by atoms with van der Waals surface area (Å²) in [5.74, 6) is -0.518. The fourth-order valence-electron chi connectivity index (χ4n) is 1.20. The van der Waals surface area contributed by atoms with Gasteiger partial charge in [-0.15, -0.1) is 5.10 Å². The lowest BCUT2D eigenvalue weighted by Crippen LogP contribution is -2.07. The molecule has 2 aromatic heterocycles. The molecule has 0 bridgehead atoms. The Morgan fingerprint density at radius 1 is 1.53 bits per heavy atom. The number of aromatic nitrogens is 4. The lowest BCUT2D eigenvalue weighted by atomic mass is 10.3. The van der Waals surface area contributed by atoms with Crippen molar-refractivity contribution in [3.63, 3.8) is 0 Å². The van der Waals surface area contributed by atoms with Gasteiger partial charge in [0.25, 0.3) is 0 Å². The fourth-order valence-corrected chi connectivity index (χ4v) is 1.20. The highest BCUT2D eigenvalue weighted by atomic mass is 16.5. The van der Waals surface area contributed by atoms with Crippen LogP contribution in [0.1, 0.15) is 16.2 Å². The minimum atomic E-state index is -0.518. The van der Waals surface area contributed by atoms with Gasteiger partial charge < -0.3 is 10.5 Å². The van der Waals surface area contributed by atoms with Gasteiger partial charge in [-0.3, -0.25) is 4.68 Å². The summed E-state index contributed by atoms with van der Waals surface area (Å²) in [4.78, 5) is 15.4. The molecule has 2 rings (SSSR count). The average molecular weight is 233 g/mol. The Hall–Kier alpha value is -2.44. The molecular weight excluding hydrogens is 222 g/mol. The third-order valence-electron chi connectivity index (χ3n) is 2.00. The predicted molar refractivity (Wildman–Crippen MR) is 58.8 cm³/mol. The van der Waals surface area contributed by atoms with Gasteiger partial charge in [0.1, 0.15) is 18.0 Å². The zero-order valence-electron chi connectivity index (χ0n) is 9.20. The Kier molecular flexibility index (Phi) is 2.99. The molecule has 2 aromatic rings. The van der Waals surface area contributed by atoms with Crippen molar-refractivity contribution >= 4 is 11.7 Å². The van der Waals surface area contributed by atoms with Crippen LogP contribution in [-0.4, -0.2) is 25.9 Å². The van der Waals surface area contributed by atoms with Crippen LogP contribution in [0.15, 0.2) is 24.5 Å². The summed E-state index contributed by atoms with van der Waals surface area (Å²) >= 11 is 0. The predicted octanol–water partition coefficient (Wildman–Crippen LogP) is 0.149. The van der Waals surface area contributed by atoms with Crippen LogP contribution in [0, 0.1) is 0 Å². The Morgan fingerprint density at radius 2 is 2.35 bits per heavy atom. The number of carbonyl (C=O) groups is 1. The van der Waals surface area contributed by atoms with Crippen LogP contribution < -0.4 is 5.73 Å². The number of esters is 1. The van der Waals surface area contributed by atoms with Crippen LogP contribution in [0.3, 0.4) is 0 Å². The molecule has 0 saturated heterocycles. The first-order chi connectivity index (χ1) is 8.15. The summed E-state index contributed by atoms with van der Waals surface area (Å²) in [6.07, 6.45) is 3.07. The Bertz CT molecular complexity index is 520. The lowest BCUT2D eigenvalue weighted by Gasteiger charge is -2.01. The van der Waals surface area contributed by atoms with Crippen LogP contribution in [-0.2, 0) is 18.4 Å². The first kappa shape index (κ1) is 11.1. The summed E-state index contributed by atoms with van der Waals surface area (Å²) in [5, 5.41) is 7.51. The summed E-state index contributed by atoms with van der Waals surface area (Å²) in [7, 11) is 1.74. The zero-order chi connectivity index (χ0) is 12.3. The van der Waals surface area contributed by atoms with Crippen molar-refractivity contribution < 1.29 is 9.53 Å². The maximum absolute atomic E-state index is 11.6. The van der Waals surface area contributed by atoms with Crippen molar-refractivity contribution in [2.24, 2.45) is 7.05 Å². The quantitative estimate of drug-likeness (QED) is 0.758. The van der Waals surface area contributed by atoms with Gasteiger partial charge in [0.05, 0.1) is 18.1 Å². The SMILES string of the molecule is Cn1cc(COC(=O)c2ccc(N)cn2)nn1. The molecule has 2 heterocycles. The number of nitrogens with two attached hydrogens (primary N) is 1. The molecule has 0 spiro atoms. The van der Waals surface area contributed by atoms with Gasteiger partial charge in [-0.05, 0) is 12.1 Å². The molecule has 0 radical (unpaired) electrons. The molecule has 0 fully saturated rings. The third kappa shape index (κ3) is 2.77. The number of ether oxygens (including phenoxy) is 1. The maximum atomic E-state index is 11.6. The van der Waals surface area contributed by atoms with Crippen LogP contribution in [0.4, 0.5) is 5.69 Å². The third-order valence-corrected chi connectivity index (χ3v) is 2.00. The van der Waals surface area contributed by atoms with E-state index in [1.54, 1.807) is 19.3 Å². The molecule has 17 heavy (non-hydrogen) atoms. The number of aryl methyl sites for hydroxylation is 1. The number of nitrogens with zero attached hydrogens (tertiary/aromatic N) is 4. The average Bonchev–Trinajstić information content (AvgIpc) is 2.73. The van der Waals surface area contributed by atoms with E-state index in [4.69, 9.17) is 10.5 Å². The highest BCUT2D eigenvalue weighted by Gasteiger charge is 2.09. The van der Waals surface area contributed by atoms with Gasteiger partial charge in [-0.1, -0.05) is 5.21 Å². The van der Waals surface area contributed by atoms with E-state index in [1.165, 1.54) is 16.9 Å². The van der Waals surface area contributed by atoms with Gasteiger partial charge in [-0.25, -0.2) is 9.78 Å². The molecular formula is C10H11N5O2. The van der Waals surface area contributed by atoms with E-state index in [2.05, 4.69) is 15.3 Å². The monoisotopic (exact) mass is 233 g/mol. The molecule has 0 aliphatic carbocycles. The number of anilines is 1. The summed E-state index contributed by atoms with van der Waals surface area (Å²) < 4.78 is 6.54. The molecule has 0 aliphatic rings. The van der Waals surface area contributed by atoms with Crippen molar-refractivity contribution in [2.45, 2.75) is 6.61 Å². The summed E-state index contributed by atoms with van der Waals surface area (Å²) in [6.45, 7) is 0.0682. The Morgan fingerprint density at radius 3 is 2.94 bits per heavy atom. The maximum Gasteiger partial charge on any atom is 0.357 e. The molecule has 2 N–H and O–H groups in total. The van der Waals surface area contributed by atoms with Crippen molar-refractivity contribution in [2.75, 3.05) is 5.73 Å². The molecule has 88 valence electrons.